The van der Waals surface area contributed by atoms with Gasteiger partial charge in [0, 0.05) is 28.5 Å². The lowest BCUT2D eigenvalue weighted by Crippen LogP contribution is -2.28. The Balaban J connectivity index is 1.58. The first-order valence-electron chi connectivity index (χ1n) is 10.9. The predicted octanol–water partition coefficient (Wildman–Crippen LogP) is 5.46. The van der Waals surface area contributed by atoms with E-state index in [1.807, 2.05) is 54.6 Å². The average Bonchev–Trinajstić information content (AvgIpc) is 3.04. The smallest absolute Gasteiger partial charge is 0.224 e. The zero-order chi connectivity index (χ0) is 24.4. The second kappa shape index (κ2) is 9.76. The normalized spacial score (nSPS) is 14.4. The van der Waals surface area contributed by atoms with Gasteiger partial charge in [0.05, 0.1) is 6.04 Å². The third kappa shape index (κ3) is 4.44. The molecule has 8 heteroatoms. The molecule has 176 valence electrons. The first kappa shape index (κ1) is 22.9. The number of halogens is 2. The molecule has 0 aliphatic carbocycles. The number of fused-ring (bicyclic) bond motifs is 2. The van der Waals surface area contributed by atoms with Crippen molar-refractivity contribution in [2.45, 2.75) is 23.3 Å². The summed E-state index contributed by atoms with van der Waals surface area (Å²) >= 11 is 1.41. The molecule has 5 nitrogen and oxygen atoms in total. The van der Waals surface area contributed by atoms with Crippen molar-refractivity contribution in [1.29, 1.82) is 0 Å². The van der Waals surface area contributed by atoms with Gasteiger partial charge in [-0.15, -0.1) is 11.8 Å². The van der Waals surface area contributed by atoms with Gasteiger partial charge in [-0.1, -0.05) is 54.6 Å². The molecule has 35 heavy (non-hydrogen) atoms. The minimum Gasteiger partial charge on any atom is -0.483 e. The molecular formula is C27H20F2N2O3S. The number of ether oxygens (including phenoxy) is 1. The van der Waals surface area contributed by atoms with Gasteiger partial charge in [-0.25, -0.2) is 8.78 Å². The SMILES string of the molecule is O=Cc1c(OCc2ccccc2)c(=O)ccn1NC1c2ccccc2SCc2c1ccc(F)c2F. The van der Waals surface area contributed by atoms with Gasteiger partial charge in [-0.3, -0.25) is 14.3 Å². The molecular weight excluding hydrogens is 470 g/mol. The van der Waals surface area contributed by atoms with Crippen LogP contribution in [0, 0.1) is 11.6 Å². The molecule has 0 saturated carbocycles. The predicted molar refractivity (Wildman–Crippen MR) is 130 cm³/mol. The van der Waals surface area contributed by atoms with E-state index in [0.29, 0.717) is 11.8 Å². The summed E-state index contributed by atoms with van der Waals surface area (Å²) in [7, 11) is 0. The number of hydrogen-bond donors (Lipinski definition) is 1. The van der Waals surface area contributed by atoms with Crippen LogP contribution >= 0.6 is 11.8 Å². The summed E-state index contributed by atoms with van der Waals surface area (Å²) in [4.78, 5) is 25.6. The number of carbonyl (C=O) groups is 1. The van der Waals surface area contributed by atoms with Gasteiger partial charge in [0.1, 0.15) is 12.3 Å². The number of hydrogen-bond acceptors (Lipinski definition) is 5. The number of carbonyl (C=O) groups excluding carboxylic acids is 1. The van der Waals surface area contributed by atoms with Crippen molar-refractivity contribution >= 4 is 18.0 Å². The lowest BCUT2D eigenvalue weighted by atomic mass is 9.95. The Labute approximate surface area is 204 Å². The Kier molecular flexibility index (Phi) is 6.37. The molecule has 1 N–H and O–H groups in total. The fraction of sp³-hybridized carbons (Fsp3) is 0.111. The third-order valence-electron chi connectivity index (χ3n) is 5.84. The molecule has 2 heterocycles. The van der Waals surface area contributed by atoms with Crippen LogP contribution in [0.3, 0.4) is 0 Å². The van der Waals surface area contributed by atoms with Crippen LogP contribution in [0.15, 0.2) is 88.7 Å². The lowest BCUT2D eigenvalue weighted by Gasteiger charge is -2.25. The summed E-state index contributed by atoms with van der Waals surface area (Å²) in [6.45, 7) is 0.108. The van der Waals surface area contributed by atoms with E-state index >= 15 is 0 Å². The summed E-state index contributed by atoms with van der Waals surface area (Å²) in [5, 5.41) is 0. The number of pyridine rings is 1. The van der Waals surface area contributed by atoms with Crippen LogP contribution in [-0.4, -0.2) is 11.0 Å². The maximum absolute atomic E-state index is 14.8. The third-order valence-corrected chi connectivity index (χ3v) is 6.96. The van der Waals surface area contributed by atoms with Crippen LogP contribution in [0.25, 0.3) is 0 Å². The number of aromatic nitrogens is 1. The van der Waals surface area contributed by atoms with E-state index < -0.39 is 23.1 Å². The van der Waals surface area contributed by atoms with Gasteiger partial charge < -0.3 is 10.2 Å². The van der Waals surface area contributed by atoms with Crippen LogP contribution < -0.4 is 15.6 Å². The highest BCUT2D eigenvalue weighted by Crippen LogP contribution is 2.41. The molecule has 1 atom stereocenters. The van der Waals surface area contributed by atoms with Crippen LogP contribution in [0.1, 0.15) is 38.8 Å². The molecule has 5 rings (SSSR count). The maximum Gasteiger partial charge on any atom is 0.224 e. The van der Waals surface area contributed by atoms with E-state index in [2.05, 4.69) is 5.43 Å². The highest BCUT2D eigenvalue weighted by atomic mass is 32.2. The molecule has 0 saturated heterocycles. The zero-order valence-electron chi connectivity index (χ0n) is 18.4. The second-order valence-corrected chi connectivity index (χ2v) is 8.99. The molecule has 1 unspecified atom stereocenters. The molecule has 0 fully saturated rings. The van der Waals surface area contributed by atoms with E-state index in [1.54, 1.807) is 6.07 Å². The first-order chi connectivity index (χ1) is 17.1. The van der Waals surface area contributed by atoms with Crippen molar-refractivity contribution in [3.63, 3.8) is 0 Å². The Morgan fingerprint density at radius 1 is 1.00 bits per heavy atom. The number of thioether (sulfide) groups is 1. The van der Waals surface area contributed by atoms with Crippen LogP contribution in [0.2, 0.25) is 0 Å². The zero-order valence-corrected chi connectivity index (χ0v) is 19.2. The van der Waals surface area contributed by atoms with E-state index in [4.69, 9.17) is 4.74 Å². The number of nitrogens with zero attached hydrogens (tertiary/aromatic N) is 1. The highest BCUT2D eigenvalue weighted by Gasteiger charge is 2.28. The van der Waals surface area contributed by atoms with E-state index in [-0.39, 0.29) is 29.4 Å². The molecule has 0 amide bonds. The Bertz CT molecular complexity index is 1460. The largest absolute Gasteiger partial charge is 0.483 e. The molecule has 1 aromatic heterocycles. The Morgan fingerprint density at radius 2 is 1.77 bits per heavy atom. The summed E-state index contributed by atoms with van der Waals surface area (Å²) in [5.74, 6) is -1.65. The maximum atomic E-state index is 14.8. The Hall–Kier alpha value is -3.91. The lowest BCUT2D eigenvalue weighted by molar-refractivity contribution is 0.111. The molecule has 3 aromatic carbocycles. The van der Waals surface area contributed by atoms with E-state index in [0.717, 1.165) is 22.1 Å². The molecule has 0 spiro atoms. The summed E-state index contributed by atoms with van der Waals surface area (Å²) in [6.07, 6.45) is 1.97. The summed E-state index contributed by atoms with van der Waals surface area (Å²) in [5.41, 5.74) is 5.26. The summed E-state index contributed by atoms with van der Waals surface area (Å²) in [6, 6.07) is 20.1. The summed E-state index contributed by atoms with van der Waals surface area (Å²) < 4.78 is 36.0. The molecule has 1 aliphatic heterocycles. The second-order valence-electron chi connectivity index (χ2n) is 7.97. The van der Waals surface area contributed by atoms with Crippen molar-refractivity contribution in [2.24, 2.45) is 0 Å². The standard InChI is InChI=1S/C27H20F2N2O3S/c28-21-11-10-18-20(25(21)29)16-35-24-9-5-4-8-19(24)26(18)30-31-13-12-23(33)27(22(31)14-32)34-15-17-6-2-1-3-7-17/h1-14,26,30H,15-16H2. The van der Waals surface area contributed by atoms with Gasteiger partial charge in [-0.05, 0) is 28.8 Å². The first-order valence-corrected chi connectivity index (χ1v) is 11.9. The van der Waals surface area contributed by atoms with Gasteiger partial charge in [0.15, 0.2) is 23.7 Å². The van der Waals surface area contributed by atoms with Crippen molar-refractivity contribution in [3.8, 4) is 5.75 Å². The monoisotopic (exact) mass is 490 g/mol. The Morgan fingerprint density at radius 3 is 2.57 bits per heavy atom. The number of benzene rings is 3. The average molecular weight is 491 g/mol. The van der Waals surface area contributed by atoms with Gasteiger partial charge in [0.2, 0.25) is 5.43 Å². The van der Waals surface area contributed by atoms with Gasteiger partial charge in [-0.2, -0.15) is 0 Å². The highest BCUT2D eigenvalue weighted by molar-refractivity contribution is 7.98. The van der Waals surface area contributed by atoms with Gasteiger partial charge >= 0.3 is 0 Å². The quantitative estimate of drug-likeness (QED) is 0.364. The molecule has 0 bridgehead atoms. The van der Waals surface area contributed by atoms with Gasteiger partial charge in [0.25, 0.3) is 0 Å². The van der Waals surface area contributed by atoms with Crippen molar-refractivity contribution in [1.82, 2.24) is 4.68 Å². The van der Waals surface area contributed by atoms with Crippen molar-refractivity contribution in [2.75, 3.05) is 5.43 Å². The molecule has 1 aliphatic rings. The van der Waals surface area contributed by atoms with E-state index in [9.17, 15) is 18.4 Å². The van der Waals surface area contributed by atoms with Crippen LogP contribution in [0.5, 0.6) is 5.75 Å². The van der Waals surface area contributed by atoms with Crippen LogP contribution in [0.4, 0.5) is 8.78 Å². The van der Waals surface area contributed by atoms with Crippen molar-refractivity contribution < 1.29 is 18.3 Å². The minimum absolute atomic E-state index is 0.00746. The topological polar surface area (TPSA) is 60.3 Å². The fourth-order valence-electron chi connectivity index (χ4n) is 4.10. The number of rotatable bonds is 6. The number of aldehydes is 1. The van der Waals surface area contributed by atoms with Crippen LogP contribution in [-0.2, 0) is 12.4 Å². The fourth-order valence-corrected chi connectivity index (χ4v) is 5.22. The minimum atomic E-state index is -0.914. The van der Waals surface area contributed by atoms with E-state index in [1.165, 1.54) is 28.7 Å². The molecule has 0 radical (unpaired) electrons. The van der Waals surface area contributed by atoms with Crippen molar-refractivity contribution in [3.05, 3.63) is 129 Å². The number of nitrogens with one attached hydrogen (secondary N) is 1. The molecule has 4 aromatic rings.